The number of halogens is 1. The predicted octanol–water partition coefficient (Wildman–Crippen LogP) is 3.30. The van der Waals surface area contributed by atoms with Gasteiger partial charge in [0.2, 0.25) is 0 Å². The van der Waals surface area contributed by atoms with Gasteiger partial charge in [0, 0.05) is 10.7 Å². The predicted molar refractivity (Wildman–Crippen MR) is 93.3 cm³/mol. The number of rotatable bonds is 6. The van der Waals surface area contributed by atoms with Gasteiger partial charge >= 0.3 is 0 Å². The zero-order valence-corrected chi connectivity index (χ0v) is 13.7. The summed E-state index contributed by atoms with van der Waals surface area (Å²) in [6, 6.07) is 14.6. The molecule has 0 saturated carbocycles. The van der Waals surface area contributed by atoms with Crippen molar-refractivity contribution in [1.29, 1.82) is 0 Å². The monoisotopic (exact) mass is 331 g/mol. The van der Waals surface area contributed by atoms with Crippen molar-refractivity contribution in [2.24, 2.45) is 5.10 Å². The van der Waals surface area contributed by atoms with Crippen LogP contribution in [-0.2, 0) is 4.79 Å². The largest absolute Gasteiger partial charge is 0.497 e. The van der Waals surface area contributed by atoms with Crippen LogP contribution in [0.3, 0.4) is 0 Å². The molecule has 23 heavy (non-hydrogen) atoms. The summed E-state index contributed by atoms with van der Waals surface area (Å²) in [5, 5.41) is 7.69. The second-order valence-corrected chi connectivity index (χ2v) is 5.26. The Morgan fingerprint density at radius 3 is 2.61 bits per heavy atom. The quantitative estimate of drug-likeness (QED) is 0.630. The highest BCUT2D eigenvalue weighted by Gasteiger charge is 2.02. The van der Waals surface area contributed by atoms with E-state index in [2.05, 4.69) is 15.8 Å². The molecule has 0 aliphatic heterocycles. The fourth-order valence-corrected chi connectivity index (χ4v) is 2.05. The summed E-state index contributed by atoms with van der Waals surface area (Å²) in [5.41, 5.74) is 4.92. The van der Waals surface area contributed by atoms with Crippen LogP contribution in [0.15, 0.2) is 53.6 Å². The molecule has 0 fully saturated rings. The Kier molecular flexibility index (Phi) is 6.00. The lowest BCUT2D eigenvalue weighted by Crippen LogP contribution is -2.26. The first-order valence-corrected chi connectivity index (χ1v) is 7.43. The molecule has 0 saturated heterocycles. The van der Waals surface area contributed by atoms with E-state index in [0.717, 1.165) is 17.0 Å². The molecule has 120 valence electrons. The van der Waals surface area contributed by atoms with Crippen molar-refractivity contribution in [3.05, 3.63) is 59.1 Å². The number of ether oxygens (including phenoxy) is 1. The van der Waals surface area contributed by atoms with Crippen molar-refractivity contribution in [2.75, 3.05) is 19.0 Å². The Morgan fingerprint density at radius 2 is 1.96 bits per heavy atom. The number of hydrogen-bond acceptors (Lipinski definition) is 4. The Bertz CT molecular complexity index is 699. The topological polar surface area (TPSA) is 62.7 Å². The summed E-state index contributed by atoms with van der Waals surface area (Å²) >= 11 is 5.88. The normalized spacial score (nSPS) is 11.0. The number of hydrogen-bond donors (Lipinski definition) is 2. The highest BCUT2D eigenvalue weighted by atomic mass is 35.5. The standard InChI is InChI=1S/C17H18ClN3O2/c1-12(13-6-8-16(23-2)9-7-13)20-21-17(22)11-19-15-5-3-4-14(18)10-15/h3-10,19H,11H2,1-2H3,(H,21,22). The van der Waals surface area contributed by atoms with Gasteiger partial charge in [0.25, 0.3) is 5.91 Å². The van der Waals surface area contributed by atoms with E-state index in [-0.39, 0.29) is 12.5 Å². The third kappa shape index (κ3) is 5.30. The molecule has 0 aromatic heterocycles. The van der Waals surface area contributed by atoms with Crippen LogP contribution in [0, 0.1) is 0 Å². The van der Waals surface area contributed by atoms with E-state index >= 15 is 0 Å². The molecular formula is C17H18ClN3O2. The minimum Gasteiger partial charge on any atom is -0.497 e. The minimum absolute atomic E-state index is 0.111. The van der Waals surface area contributed by atoms with Crippen molar-refractivity contribution in [3.63, 3.8) is 0 Å². The summed E-state index contributed by atoms with van der Waals surface area (Å²) < 4.78 is 5.10. The zero-order chi connectivity index (χ0) is 16.7. The smallest absolute Gasteiger partial charge is 0.259 e. The van der Waals surface area contributed by atoms with E-state index in [9.17, 15) is 4.79 Å². The third-order valence-corrected chi connectivity index (χ3v) is 3.37. The first-order chi connectivity index (χ1) is 11.1. The molecule has 2 N–H and O–H groups in total. The van der Waals surface area contributed by atoms with Crippen LogP contribution in [0.2, 0.25) is 5.02 Å². The van der Waals surface area contributed by atoms with Crippen molar-refractivity contribution in [3.8, 4) is 5.75 Å². The van der Waals surface area contributed by atoms with Crippen LogP contribution in [0.25, 0.3) is 0 Å². The average molecular weight is 332 g/mol. The maximum absolute atomic E-state index is 11.8. The number of carbonyl (C=O) groups is 1. The number of nitrogens with zero attached hydrogens (tertiary/aromatic N) is 1. The van der Waals surface area contributed by atoms with Crippen LogP contribution in [-0.4, -0.2) is 25.3 Å². The van der Waals surface area contributed by atoms with Crippen molar-refractivity contribution >= 4 is 28.9 Å². The molecule has 1 amide bonds. The second-order valence-electron chi connectivity index (χ2n) is 4.82. The zero-order valence-electron chi connectivity index (χ0n) is 13.0. The van der Waals surface area contributed by atoms with Crippen LogP contribution in [0.4, 0.5) is 5.69 Å². The van der Waals surface area contributed by atoms with Crippen LogP contribution >= 0.6 is 11.6 Å². The minimum atomic E-state index is -0.238. The van der Waals surface area contributed by atoms with Crippen LogP contribution in [0.5, 0.6) is 5.75 Å². The molecule has 0 spiro atoms. The number of hydrazone groups is 1. The fraction of sp³-hybridized carbons (Fsp3) is 0.176. The number of anilines is 1. The van der Waals surface area contributed by atoms with Crippen LogP contribution < -0.4 is 15.5 Å². The van der Waals surface area contributed by atoms with E-state index in [4.69, 9.17) is 16.3 Å². The molecule has 2 aromatic rings. The Morgan fingerprint density at radius 1 is 1.22 bits per heavy atom. The van der Waals surface area contributed by atoms with Crippen LogP contribution in [0.1, 0.15) is 12.5 Å². The van der Waals surface area contributed by atoms with Gasteiger partial charge in [-0.2, -0.15) is 5.10 Å². The van der Waals surface area contributed by atoms with E-state index < -0.39 is 0 Å². The summed E-state index contributed by atoms with van der Waals surface area (Å²) in [4.78, 5) is 11.8. The van der Waals surface area contributed by atoms with E-state index in [1.165, 1.54) is 0 Å². The number of benzene rings is 2. The number of methoxy groups -OCH3 is 1. The maximum atomic E-state index is 11.8. The van der Waals surface area contributed by atoms with Gasteiger partial charge in [0.05, 0.1) is 19.4 Å². The van der Waals surface area contributed by atoms with Gasteiger partial charge in [-0.1, -0.05) is 17.7 Å². The molecule has 0 atom stereocenters. The Labute approximate surface area is 140 Å². The molecule has 0 radical (unpaired) electrons. The van der Waals surface area contributed by atoms with Gasteiger partial charge in [0.15, 0.2) is 0 Å². The van der Waals surface area contributed by atoms with E-state index in [0.29, 0.717) is 10.7 Å². The lowest BCUT2D eigenvalue weighted by Gasteiger charge is -2.07. The summed E-state index contributed by atoms with van der Waals surface area (Å²) in [6.45, 7) is 1.94. The summed E-state index contributed by atoms with van der Waals surface area (Å²) in [5.74, 6) is 0.536. The highest BCUT2D eigenvalue weighted by molar-refractivity contribution is 6.30. The molecule has 0 heterocycles. The molecule has 0 bridgehead atoms. The van der Waals surface area contributed by atoms with Crippen molar-refractivity contribution < 1.29 is 9.53 Å². The third-order valence-electron chi connectivity index (χ3n) is 3.13. The number of nitrogens with one attached hydrogen (secondary N) is 2. The SMILES string of the molecule is COc1ccc(C(C)=NNC(=O)CNc2cccc(Cl)c2)cc1. The van der Waals surface area contributed by atoms with Gasteiger partial charge in [-0.15, -0.1) is 0 Å². The van der Waals surface area contributed by atoms with E-state index in [1.807, 2.05) is 43.3 Å². The number of carbonyl (C=O) groups excluding carboxylic acids is 1. The van der Waals surface area contributed by atoms with Gasteiger partial charge in [-0.3, -0.25) is 4.79 Å². The first-order valence-electron chi connectivity index (χ1n) is 7.05. The molecule has 6 heteroatoms. The first kappa shape index (κ1) is 16.8. The molecule has 2 rings (SSSR count). The molecule has 0 unspecified atom stereocenters. The van der Waals surface area contributed by atoms with Gasteiger partial charge in [0.1, 0.15) is 5.75 Å². The van der Waals surface area contributed by atoms with Crippen molar-refractivity contribution in [2.45, 2.75) is 6.92 Å². The number of amides is 1. The second kappa shape index (κ2) is 8.19. The molecule has 5 nitrogen and oxygen atoms in total. The maximum Gasteiger partial charge on any atom is 0.259 e. The summed E-state index contributed by atoms with van der Waals surface area (Å²) in [6.07, 6.45) is 0. The van der Waals surface area contributed by atoms with E-state index in [1.54, 1.807) is 19.2 Å². The van der Waals surface area contributed by atoms with Gasteiger partial charge < -0.3 is 10.1 Å². The van der Waals surface area contributed by atoms with Gasteiger partial charge in [-0.25, -0.2) is 5.43 Å². The molecule has 0 aliphatic carbocycles. The Hall–Kier alpha value is -2.53. The lowest BCUT2D eigenvalue weighted by atomic mass is 10.1. The van der Waals surface area contributed by atoms with Gasteiger partial charge in [-0.05, 0) is 55.0 Å². The summed E-state index contributed by atoms with van der Waals surface area (Å²) in [7, 11) is 1.61. The Balaban J connectivity index is 1.86. The molecular weight excluding hydrogens is 314 g/mol. The average Bonchev–Trinajstić information content (AvgIpc) is 2.58. The highest BCUT2D eigenvalue weighted by Crippen LogP contribution is 2.14. The molecule has 2 aromatic carbocycles. The fourth-order valence-electron chi connectivity index (χ4n) is 1.86. The molecule has 0 aliphatic rings. The van der Waals surface area contributed by atoms with Crippen molar-refractivity contribution in [1.82, 2.24) is 5.43 Å². The lowest BCUT2D eigenvalue weighted by molar-refractivity contribution is -0.119.